The van der Waals surface area contributed by atoms with Crippen molar-refractivity contribution in [3.05, 3.63) is 28.8 Å². The third-order valence-electron chi connectivity index (χ3n) is 4.47. The zero-order chi connectivity index (χ0) is 17.5. The van der Waals surface area contributed by atoms with Gasteiger partial charge in [-0.15, -0.1) is 0 Å². The summed E-state index contributed by atoms with van der Waals surface area (Å²) < 4.78 is 0. The molecule has 1 aliphatic rings. The monoisotopic (exact) mass is 350 g/mol. The molecule has 1 heterocycles. The SMILES string of the molecule is Cc1ccc(NC(=O)CC(C)CC(=O)N2CCCCCC2)cc1Cl. The van der Waals surface area contributed by atoms with E-state index in [0.29, 0.717) is 23.6 Å². The van der Waals surface area contributed by atoms with Crippen LogP contribution in [0.1, 0.15) is 51.0 Å². The average Bonchev–Trinajstić information content (AvgIpc) is 2.80. The molecule has 0 aliphatic carbocycles. The van der Waals surface area contributed by atoms with Gasteiger partial charge in [0.1, 0.15) is 0 Å². The Morgan fingerprint density at radius 3 is 2.46 bits per heavy atom. The van der Waals surface area contributed by atoms with E-state index in [-0.39, 0.29) is 17.7 Å². The van der Waals surface area contributed by atoms with E-state index in [9.17, 15) is 9.59 Å². The standard InChI is InChI=1S/C19H27ClN2O2/c1-14(12-19(24)22-9-5-3-4-6-10-22)11-18(23)21-16-8-7-15(2)17(20)13-16/h7-8,13-14H,3-6,9-12H2,1-2H3,(H,21,23). The molecule has 2 amide bonds. The van der Waals surface area contributed by atoms with Crippen LogP contribution in [0.5, 0.6) is 0 Å². The lowest BCUT2D eigenvalue weighted by Gasteiger charge is -2.22. The van der Waals surface area contributed by atoms with Crippen molar-refractivity contribution in [2.75, 3.05) is 18.4 Å². The molecule has 4 nitrogen and oxygen atoms in total. The maximum Gasteiger partial charge on any atom is 0.224 e. The van der Waals surface area contributed by atoms with Gasteiger partial charge in [-0.3, -0.25) is 9.59 Å². The molecule has 24 heavy (non-hydrogen) atoms. The van der Waals surface area contributed by atoms with Crippen molar-refractivity contribution >= 4 is 29.1 Å². The third-order valence-corrected chi connectivity index (χ3v) is 4.88. The zero-order valence-corrected chi connectivity index (χ0v) is 15.4. The fourth-order valence-electron chi connectivity index (χ4n) is 3.02. The zero-order valence-electron chi connectivity index (χ0n) is 14.6. The topological polar surface area (TPSA) is 49.4 Å². The van der Waals surface area contributed by atoms with Crippen LogP contribution in [-0.2, 0) is 9.59 Å². The lowest BCUT2D eigenvalue weighted by Crippen LogP contribution is -2.33. The molecule has 0 saturated carbocycles. The number of nitrogens with zero attached hydrogens (tertiary/aromatic N) is 1. The number of benzene rings is 1. The van der Waals surface area contributed by atoms with Gasteiger partial charge >= 0.3 is 0 Å². The number of carbonyl (C=O) groups excluding carboxylic acids is 2. The summed E-state index contributed by atoms with van der Waals surface area (Å²) in [5, 5.41) is 3.49. The first-order valence-electron chi connectivity index (χ1n) is 8.79. The van der Waals surface area contributed by atoms with Gasteiger partial charge in [0.2, 0.25) is 11.8 Å². The van der Waals surface area contributed by atoms with Gasteiger partial charge < -0.3 is 10.2 Å². The van der Waals surface area contributed by atoms with E-state index in [1.54, 1.807) is 6.07 Å². The van der Waals surface area contributed by atoms with Gasteiger partial charge in [-0.25, -0.2) is 0 Å². The normalized spacial score (nSPS) is 16.4. The number of likely N-dealkylation sites (tertiary alicyclic amines) is 1. The fourth-order valence-corrected chi connectivity index (χ4v) is 3.20. The molecule has 1 saturated heterocycles. The Morgan fingerprint density at radius 2 is 1.83 bits per heavy atom. The van der Waals surface area contributed by atoms with Crippen molar-refractivity contribution in [2.24, 2.45) is 5.92 Å². The Hall–Kier alpha value is -1.55. The molecule has 1 fully saturated rings. The Kier molecular flexibility index (Phi) is 7.10. The van der Waals surface area contributed by atoms with Crippen LogP contribution in [0.2, 0.25) is 5.02 Å². The van der Waals surface area contributed by atoms with Crippen molar-refractivity contribution in [3.8, 4) is 0 Å². The van der Waals surface area contributed by atoms with Crippen molar-refractivity contribution in [1.29, 1.82) is 0 Å². The number of rotatable bonds is 5. The number of aryl methyl sites for hydroxylation is 1. The Balaban J connectivity index is 1.80. The van der Waals surface area contributed by atoms with Crippen LogP contribution in [-0.4, -0.2) is 29.8 Å². The minimum absolute atomic E-state index is 0.0293. The first kappa shape index (κ1) is 18.8. The molecule has 1 aromatic carbocycles. The maximum atomic E-state index is 12.4. The predicted molar refractivity (Wildman–Crippen MR) is 98.3 cm³/mol. The molecule has 5 heteroatoms. The number of carbonyl (C=O) groups is 2. The molecule has 1 aromatic rings. The van der Waals surface area contributed by atoms with E-state index in [1.807, 2.05) is 30.9 Å². The summed E-state index contributed by atoms with van der Waals surface area (Å²) >= 11 is 6.07. The predicted octanol–water partition coefficient (Wildman–Crippen LogP) is 4.41. The molecule has 2 rings (SSSR count). The highest BCUT2D eigenvalue weighted by Gasteiger charge is 2.19. The molecule has 1 aliphatic heterocycles. The number of anilines is 1. The number of halogens is 1. The number of hydrogen-bond donors (Lipinski definition) is 1. The highest BCUT2D eigenvalue weighted by Crippen LogP contribution is 2.21. The van der Waals surface area contributed by atoms with E-state index in [4.69, 9.17) is 11.6 Å². The Morgan fingerprint density at radius 1 is 1.17 bits per heavy atom. The van der Waals surface area contributed by atoms with Gasteiger partial charge in [0.15, 0.2) is 0 Å². The third kappa shape index (κ3) is 5.82. The van der Waals surface area contributed by atoms with Crippen LogP contribution in [0, 0.1) is 12.8 Å². The molecule has 1 unspecified atom stereocenters. The highest BCUT2D eigenvalue weighted by molar-refractivity contribution is 6.31. The van der Waals surface area contributed by atoms with Crippen LogP contribution in [0.4, 0.5) is 5.69 Å². The highest BCUT2D eigenvalue weighted by atomic mass is 35.5. The van der Waals surface area contributed by atoms with Crippen LogP contribution in [0.3, 0.4) is 0 Å². The lowest BCUT2D eigenvalue weighted by molar-refractivity contribution is -0.132. The second-order valence-electron chi connectivity index (χ2n) is 6.82. The van der Waals surface area contributed by atoms with Gasteiger partial charge in [-0.1, -0.05) is 37.4 Å². The van der Waals surface area contributed by atoms with Gasteiger partial charge in [0.25, 0.3) is 0 Å². The lowest BCUT2D eigenvalue weighted by atomic mass is 10.0. The van der Waals surface area contributed by atoms with Crippen LogP contribution in [0.25, 0.3) is 0 Å². The minimum Gasteiger partial charge on any atom is -0.343 e. The average molecular weight is 351 g/mol. The molecular weight excluding hydrogens is 324 g/mol. The fraction of sp³-hybridized carbons (Fsp3) is 0.579. The molecule has 0 aromatic heterocycles. The van der Waals surface area contributed by atoms with E-state index in [2.05, 4.69) is 5.32 Å². The van der Waals surface area contributed by atoms with Crippen LogP contribution >= 0.6 is 11.6 Å². The molecule has 0 bridgehead atoms. The van der Waals surface area contributed by atoms with E-state index >= 15 is 0 Å². The molecular formula is C19H27ClN2O2. The first-order chi connectivity index (χ1) is 11.5. The quantitative estimate of drug-likeness (QED) is 0.855. The Bertz CT molecular complexity index is 581. The molecule has 0 spiro atoms. The Labute approximate surface area is 149 Å². The second kappa shape index (κ2) is 9.07. The number of amides is 2. The smallest absolute Gasteiger partial charge is 0.224 e. The minimum atomic E-state index is -0.0777. The summed E-state index contributed by atoms with van der Waals surface area (Å²) in [6.45, 7) is 5.60. The van der Waals surface area contributed by atoms with Crippen molar-refractivity contribution in [2.45, 2.75) is 52.4 Å². The summed E-state index contributed by atoms with van der Waals surface area (Å²) in [7, 11) is 0. The van der Waals surface area contributed by atoms with Gasteiger partial charge in [-0.05, 0) is 43.4 Å². The summed E-state index contributed by atoms with van der Waals surface area (Å²) in [6, 6.07) is 5.47. The second-order valence-corrected chi connectivity index (χ2v) is 7.23. The van der Waals surface area contributed by atoms with E-state index in [0.717, 1.165) is 31.5 Å². The summed E-state index contributed by atoms with van der Waals surface area (Å²) in [4.78, 5) is 26.5. The van der Waals surface area contributed by atoms with Gasteiger partial charge in [0, 0.05) is 36.6 Å². The van der Waals surface area contributed by atoms with Crippen molar-refractivity contribution in [3.63, 3.8) is 0 Å². The van der Waals surface area contributed by atoms with Gasteiger partial charge in [0.05, 0.1) is 0 Å². The number of hydrogen-bond acceptors (Lipinski definition) is 2. The molecule has 132 valence electrons. The summed E-state index contributed by atoms with van der Waals surface area (Å²) in [6.07, 6.45) is 5.37. The van der Waals surface area contributed by atoms with Crippen molar-refractivity contribution in [1.82, 2.24) is 4.90 Å². The van der Waals surface area contributed by atoms with Gasteiger partial charge in [-0.2, -0.15) is 0 Å². The summed E-state index contributed by atoms with van der Waals surface area (Å²) in [5.74, 6) is 0.128. The van der Waals surface area contributed by atoms with E-state index < -0.39 is 0 Å². The molecule has 0 radical (unpaired) electrons. The number of nitrogens with one attached hydrogen (secondary N) is 1. The molecule has 1 atom stereocenters. The largest absolute Gasteiger partial charge is 0.343 e. The first-order valence-corrected chi connectivity index (χ1v) is 9.17. The van der Waals surface area contributed by atoms with E-state index in [1.165, 1.54) is 12.8 Å². The molecule has 1 N–H and O–H groups in total. The van der Waals surface area contributed by atoms with Crippen molar-refractivity contribution < 1.29 is 9.59 Å². The summed E-state index contributed by atoms with van der Waals surface area (Å²) in [5.41, 5.74) is 1.67. The van der Waals surface area contributed by atoms with Crippen LogP contribution < -0.4 is 5.32 Å². The maximum absolute atomic E-state index is 12.4. The van der Waals surface area contributed by atoms with Crippen LogP contribution in [0.15, 0.2) is 18.2 Å².